The number of rotatable bonds is 2. The summed E-state index contributed by atoms with van der Waals surface area (Å²) in [6.45, 7) is 4.13. The number of nitrogens with zero attached hydrogens (tertiary/aromatic N) is 1. The van der Waals surface area contributed by atoms with E-state index in [0.717, 1.165) is 0 Å². The third-order valence-electron chi connectivity index (χ3n) is 2.29. The number of carbonyl (C=O) groups is 2. The van der Waals surface area contributed by atoms with Crippen molar-refractivity contribution in [2.75, 3.05) is 6.54 Å². The lowest BCUT2D eigenvalue weighted by Crippen LogP contribution is -2.43. The number of imide groups is 1. The van der Waals surface area contributed by atoms with Gasteiger partial charge in [0.25, 0.3) is 0 Å². The van der Waals surface area contributed by atoms with E-state index in [4.69, 9.17) is 0 Å². The number of likely N-dealkylation sites (tertiary alicyclic amines) is 1. The van der Waals surface area contributed by atoms with E-state index in [9.17, 15) is 9.59 Å². The number of hydrogen-bond donors (Lipinski definition) is 0. The van der Waals surface area contributed by atoms with Crippen molar-refractivity contribution in [2.45, 2.75) is 33.1 Å². The number of carbonyl (C=O) groups excluding carboxylic acids is 2. The third-order valence-corrected chi connectivity index (χ3v) is 2.29. The smallest absolute Gasteiger partial charge is 0.229 e. The van der Waals surface area contributed by atoms with Gasteiger partial charge < -0.3 is 0 Å². The summed E-state index contributed by atoms with van der Waals surface area (Å²) >= 11 is 0. The van der Waals surface area contributed by atoms with Crippen LogP contribution in [0.4, 0.5) is 0 Å². The lowest BCUT2D eigenvalue weighted by molar-refractivity contribution is -0.149. The molecule has 1 aliphatic heterocycles. The van der Waals surface area contributed by atoms with Gasteiger partial charge in [0.15, 0.2) is 0 Å². The predicted molar refractivity (Wildman–Crippen MR) is 53.2 cm³/mol. The topological polar surface area (TPSA) is 37.4 Å². The summed E-state index contributed by atoms with van der Waals surface area (Å²) in [5, 5.41) is 0. The number of hydrogen-bond acceptors (Lipinski definition) is 2. The lowest BCUT2D eigenvalue weighted by Gasteiger charge is -2.27. The van der Waals surface area contributed by atoms with Gasteiger partial charge in [-0.05, 0) is 12.8 Å². The molecule has 1 fully saturated rings. The van der Waals surface area contributed by atoms with E-state index in [-0.39, 0.29) is 17.7 Å². The SMILES string of the molecule is CC#CCCN1C(=O)CC(C)CC1=O. The Balaban J connectivity index is 2.53. The summed E-state index contributed by atoms with van der Waals surface area (Å²) in [4.78, 5) is 24.3. The molecule has 1 heterocycles. The second-order valence-electron chi connectivity index (χ2n) is 3.63. The van der Waals surface area contributed by atoms with Gasteiger partial charge in [-0.15, -0.1) is 11.8 Å². The molecule has 2 amide bonds. The summed E-state index contributed by atoms with van der Waals surface area (Å²) in [6.07, 6.45) is 1.57. The van der Waals surface area contributed by atoms with E-state index in [1.807, 2.05) is 6.92 Å². The third kappa shape index (κ3) is 2.59. The van der Waals surface area contributed by atoms with Crippen molar-refractivity contribution < 1.29 is 9.59 Å². The molecule has 0 aromatic rings. The molecule has 14 heavy (non-hydrogen) atoms. The summed E-state index contributed by atoms with van der Waals surface area (Å²) in [6, 6.07) is 0. The van der Waals surface area contributed by atoms with Gasteiger partial charge in [0.05, 0.1) is 0 Å². The predicted octanol–water partition coefficient (Wildman–Crippen LogP) is 1.18. The van der Waals surface area contributed by atoms with Gasteiger partial charge in [0.1, 0.15) is 0 Å². The lowest BCUT2D eigenvalue weighted by atomic mass is 9.98. The fraction of sp³-hybridized carbons (Fsp3) is 0.636. The van der Waals surface area contributed by atoms with E-state index < -0.39 is 0 Å². The van der Waals surface area contributed by atoms with Gasteiger partial charge in [-0.3, -0.25) is 14.5 Å². The van der Waals surface area contributed by atoms with Gasteiger partial charge in [0, 0.05) is 25.8 Å². The first-order chi connectivity index (χ1) is 6.65. The molecular weight excluding hydrogens is 178 g/mol. The Kier molecular flexibility index (Phi) is 3.70. The molecule has 0 aromatic carbocycles. The van der Waals surface area contributed by atoms with Gasteiger partial charge in [-0.25, -0.2) is 0 Å². The Morgan fingerprint density at radius 1 is 1.36 bits per heavy atom. The average molecular weight is 193 g/mol. The number of amides is 2. The second kappa shape index (κ2) is 4.80. The standard InChI is InChI=1S/C11H15NO2/c1-3-4-5-6-12-10(13)7-9(2)8-11(12)14/h9H,5-8H2,1-2H3. The first kappa shape index (κ1) is 10.8. The van der Waals surface area contributed by atoms with Crippen LogP contribution in [0.3, 0.4) is 0 Å². The maximum atomic E-state index is 11.5. The van der Waals surface area contributed by atoms with Crippen molar-refractivity contribution in [1.29, 1.82) is 0 Å². The molecule has 0 aliphatic carbocycles. The molecule has 0 aromatic heterocycles. The molecule has 1 aliphatic rings. The minimum Gasteiger partial charge on any atom is -0.282 e. The van der Waals surface area contributed by atoms with Crippen LogP contribution in [0.5, 0.6) is 0 Å². The molecule has 0 atom stereocenters. The Morgan fingerprint density at radius 3 is 2.43 bits per heavy atom. The van der Waals surface area contributed by atoms with Gasteiger partial charge >= 0.3 is 0 Å². The zero-order valence-electron chi connectivity index (χ0n) is 8.67. The van der Waals surface area contributed by atoms with Crippen LogP contribution < -0.4 is 0 Å². The van der Waals surface area contributed by atoms with Gasteiger partial charge in [0.2, 0.25) is 11.8 Å². The van der Waals surface area contributed by atoms with Crippen LogP contribution in [0.15, 0.2) is 0 Å². The molecule has 0 bridgehead atoms. The molecule has 0 radical (unpaired) electrons. The number of piperidine rings is 1. The summed E-state index contributed by atoms with van der Waals surface area (Å²) in [5.74, 6) is 5.70. The molecule has 0 spiro atoms. The monoisotopic (exact) mass is 193 g/mol. The quantitative estimate of drug-likeness (QED) is 0.488. The molecule has 3 heteroatoms. The van der Waals surface area contributed by atoms with E-state index in [0.29, 0.717) is 25.8 Å². The summed E-state index contributed by atoms with van der Waals surface area (Å²) in [5.41, 5.74) is 0. The first-order valence-electron chi connectivity index (χ1n) is 4.88. The van der Waals surface area contributed by atoms with Crippen molar-refractivity contribution in [3.8, 4) is 11.8 Å². The molecule has 1 saturated heterocycles. The molecule has 3 nitrogen and oxygen atoms in total. The van der Waals surface area contributed by atoms with Gasteiger partial charge in [-0.1, -0.05) is 6.92 Å². The van der Waals surface area contributed by atoms with Crippen molar-refractivity contribution in [2.24, 2.45) is 5.92 Å². The highest BCUT2D eigenvalue weighted by atomic mass is 16.2. The van der Waals surface area contributed by atoms with Crippen molar-refractivity contribution >= 4 is 11.8 Å². The Labute approximate surface area is 84.5 Å². The Hall–Kier alpha value is -1.30. The van der Waals surface area contributed by atoms with Crippen LogP contribution in [0.1, 0.15) is 33.1 Å². The van der Waals surface area contributed by atoms with E-state index in [2.05, 4.69) is 11.8 Å². The summed E-state index contributed by atoms with van der Waals surface area (Å²) < 4.78 is 0. The minimum atomic E-state index is -0.0494. The normalized spacial score (nSPS) is 18.0. The molecular formula is C11H15NO2. The van der Waals surface area contributed by atoms with Crippen molar-refractivity contribution in [3.05, 3.63) is 0 Å². The first-order valence-corrected chi connectivity index (χ1v) is 4.88. The largest absolute Gasteiger partial charge is 0.282 e. The highest BCUT2D eigenvalue weighted by Gasteiger charge is 2.29. The van der Waals surface area contributed by atoms with Crippen molar-refractivity contribution in [1.82, 2.24) is 4.90 Å². The molecule has 0 saturated carbocycles. The van der Waals surface area contributed by atoms with Gasteiger partial charge in [-0.2, -0.15) is 0 Å². The molecule has 0 N–H and O–H groups in total. The van der Waals surface area contributed by atoms with Crippen LogP contribution in [0.25, 0.3) is 0 Å². The zero-order valence-corrected chi connectivity index (χ0v) is 8.67. The Bertz CT molecular complexity index is 280. The fourth-order valence-electron chi connectivity index (χ4n) is 1.57. The highest BCUT2D eigenvalue weighted by molar-refractivity contribution is 5.97. The van der Waals surface area contributed by atoms with Crippen LogP contribution in [0.2, 0.25) is 0 Å². The molecule has 76 valence electrons. The maximum Gasteiger partial charge on any atom is 0.229 e. The average Bonchev–Trinajstić information content (AvgIpc) is 2.09. The van der Waals surface area contributed by atoms with E-state index >= 15 is 0 Å². The minimum absolute atomic E-state index is 0.0494. The van der Waals surface area contributed by atoms with E-state index in [1.165, 1.54) is 4.90 Å². The maximum absolute atomic E-state index is 11.5. The van der Waals surface area contributed by atoms with Crippen LogP contribution in [-0.2, 0) is 9.59 Å². The van der Waals surface area contributed by atoms with E-state index in [1.54, 1.807) is 6.92 Å². The fourth-order valence-corrected chi connectivity index (χ4v) is 1.57. The second-order valence-corrected chi connectivity index (χ2v) is 3.63. The molecule has 0 unspecified atom stereocenters. The van der Waals surface area contributed by atoms with Crippen LogP contribution in [0, 0.1) is 17.8 Å². The van der Waals surface area contributed by atoms with Crippen LogP contribution in [-0.4, -0.2) is 23.3 Å². The van der Waals surface area contributed by atoms with Crippen molar-refractivity contribution in [3.63, 3.8) is 0 Å². The Morgan fingerprint density at radius 2 is 1.93 bits per heavy atom. The molecule has 1 rings (SSSR count). The summed E-state index contributed by atoms with van der Waals surface area (Å²) in [7, 11) is 0. The van der Waals surface area contributed by atoms with Crippen LogP contribution >= 0.6 is 0 Å². The zero-order chi connectivity index (χ0) is 10.6. The highest BCUT2D eigenvalue weighted by Crippen LogP contribution is 2.18.